The smallest absolute Gasteiger partial charge is 0.348 e. The van der Waals surface area contributed by atoms with E-state index in [1.54, 1.807) is 0 Å². The fourth-order valence-corrected chi connectivity index (χ4v) is 4.28. The van der Waals surface area contributed by atoms with Gasteiger partial charge < -0.3 is 15.4 Å². The third kappa shape index (κ3) is 2.82. The largest absolute Gasteiger partial charge is 0.465 e. The summed E-state index contributed by atoms with van der Waals surface area (Å²) in [4.78, 5) is 36.0. The third-order valence-electron chi connectivity index (χ3n) is 4.38. The van der Waals surface area contributed by atoms with Gasteiger partial charge in [0, 0.05) is 13.1 Å². The lowest BCUT2D eigenvalue weighted by Gasteiger charge is -2.32. The van der Waals surface area contributed by atoms with Gasteiger partial charge in [0.25, 0.3) is 0 Å². The first-order chi connectivity index (χ1) is 11.4. The standard InChI is InChI=1S/C16H20N4O3S/c1-8-11-14(20-6-4-5-10(7-20)13(17)21)18-9(2)19-15(11)24-12(8)16(22)23-3/h10H,4-7H2,1-3H3,(H2,17,21)/t10-/m1/s1. The Bertz CT molecular complexity index is 817. The van der Waals surface area contributed by atoms with Crippen LogP contribution in [-0.2, 0) is 9.53 Å². The molecule has 3 rings (SSSR count). The predicted molar refractivity (Wildman–Crippen MR) is 92.4 cm³/mol. The second-order valence-corrected chi connectivity index (χ2v) is 7.01. The molecule has 128 valence electrons. The average molecular weight is 348 g/mol. The van der Waals surface area contributed by atoms with Crippen molar-refractivity contribution in [1.82, 2.24) is 9.97 Å². The van der Waals surface area contributed by atoms with Gasteiger partial charge in [-0.1, -0.05) is 0 Å². The van der Waals surface area contributed by atoms with Crippen molar-refractivity contribution >= 4 is 39.2 Å². The molecule has 7 nitrogen and oxygen atoms in total. The van der Waals surface area contributed by atoms with Gasteiger partial charge in [0.15, 0.2) is 0 Å². The molecule has 1 aliphatic rings. The van der Waals surface area contributed by atoms with Crippen LogP contribution in [0, 0.1) is 19.8 Å². The number of nitrogens with two attached hydrogens (primary N) is 1. The molecule has 24 heavy (non-hydrogen) atoms. The number of piperidine rings is 1. The van der Waals surface area contributed by atoms with Gasteiger partial charge in [0.05, 0.1) is 18.4 Å². The van der Waals surface area contributed by atoms with Gasteiger partial charge in [-0.2, -0.15) is 0 Å². The quantitative estimate of drug-likeness (QED) is 0.849. The molecule has 1 fully saturated rings. The lowest BCUT2D eigenvalue weighted by Crippen LogP contribution is -2.41. The second kappa shape index (κ2) is 6.35. The number of nitrogens with zero attached hydrogens (tertiary/aromatic N) is 3. The average Bonchev–Trinajstić information content (AvgIpc) is 2.90. The maximum Gasteiger partial charge on any atom is 0.348 e. The number of fused-ring (bicyclic) bond motifs is 1. The van der Waals surface area contributed by atoms with E-state index in [-0.39, 0.29) is 17.8 Å². The van der Waals surface area contributed by atoms with E-state index in [2.05, 4.69) is 14.9 Å². The Morgan fingerprint density at radius 1 is 1.33 bits per heavy atom. The highest BCUT2D eigenvalue weighted by Gasteiger charge is 2.28. The summed E-state index contributed by atoms with van der Waals surface area (Å²) < 4.78 is 4.86. The van der Waals surface area contributed by atoms with Crippen molar-refractivity contribution in [2.24, 2.45) is 11.7 Å². The minimum atomic E-state index is -0.368. The molecule has 1 aliphatic heterocycles. The van der Waals surface area contributed by atoms with Crippen LogP contribution in [-0.4, -0.2) is 42.0 Å². The Hall–Kier alpha value is -2.22. The summed E-state index contributed by atoms with van der Waals surface area (Å²) in [6, 6.07) is 0. The van der Waals surface area contributed by atoms with Crippen molar-refractivity contribution in [2.45, 2.75) is 26.7 Å². The number of hydrogen-bond donors (Lipinski definition) is 1. The Morgan fingerprint density at radius 2 is 2.08 bits per heavy atom. The van der Waals surface area contributed by atoms with Crippen molar-refractivity contribution in [1.29, 1.82) is 0 Å². The number of thiophene rings is 1. The lowest BCUT2D eigenvalue weighted by atomic mass is 9.97. The van der Waals surface area contributed by atoms with Crippen LogP contribution in [0.2, 0.25) is 0 Å². The maximum absolute atomic E-state index is 12.0. The molecular formula is C16H20N4O3S. The van der Waals surface area contributed by atoms with E-state index in [0.717, 1.165) is 41.0 Å². The zero-order chi connectivity index (χ0) is 17.4. The monoisotopic (exact) mass is 348 g/mol. The van der Waals surface area contributed by atoms with E-state index in [1.807, 2.05) is 13.8 Å². The normalized spacial score (nSPS) is 18.0. The number of aryl methyl sites for hydroxylation is 2. The first-order valence-electron chi connectivity index (χ1n) is 7.82. The van der Waals surface area contributed by atoms with Gasteiger partial charge in [-0.3, -0.25) is 4.79 Å². The Labute approximate surface area is 143 Å². The number of esters is 1. The van der Waals surface area contributed by atoms with Gasteiger partial charge >= 0.3 is 5.97 Å². The van der Waals surface area contributed by atoms with Crippen LogP contribution >= 0.6 is 11.3 Å². The molecule has 0 radical (unpaired) electrons. The summed E-state index contributed by atoms with van der Waals surface area (Å²) in [6.07, 6.45) is 1.68. The molecule has 2 aromatic heterocycles. The SMILES string of the molecule is COC(=O)c1sc2nc(C)nc(N3CCC[C@@H](C(N)=O)C3)c2c1C. The number of rotatable bonds is 3. The first-order valence-corrected chi connectivity index (χ1v) is 8.64. The number of ether oxygens (including phenoxy) is 1. The maximum atomic E-state index is 12.0. The van der Waals surface area contributed by atoms with Gasteiger partial charge in [0.2, 0.25) is 5.91 Å². The van der Waals surface area contributed by atoms with Crippen LogP contribution in [0.15, 0.2) is 0 Å². The molecule has 0 saturated carbocycles. The molecule has 1 amide bonds. The first kappa shape index (κ1) is 16.6. The Morgan fingerprint density at radius 3 is 2.75 bits per heavy atom. The number of hydrogen-bond acceptors (Lipinski definition) is 7. The molecule has 0 aromatic carbocycles. The van der Waals surface area contributed by atoms with Crippen molar-refractivity contribution in [2.75, 3.05) is 25.1 Å². The fourth-order valence-electron chi connectivity index (χ4n) is 3.14. The number of amides is 1. The topological polar surface area (TPSA) is 98.4 Å². The zero-order valence-electron chi connectivity index (χ0n) is 14.0. The van der Waals surface area contributed by atoms with Crippen molar-refractivity contribution in [3.8, 4) is 0 Å². The number of anilines is 1. The third-order valence-corrected chi connectivity index (χ3v) is 5.54. The number of aromatic nitrogens is 2. The van der Waals surface area contributed by atoms with E-state index < -0.39 is 0 Å². The van der Waals surface area contributed by atoms with Crippen molar-refractivity contribution in [3.05, 3.63) is 16.3 Å². The summed E-state index contributed by atoms with van der Waals surface area (Å²) in [7, 11) is 1.37. The number of carbonyl (C=O) groups is 2. The molecule has 1 saturated heterocycles. The van der Waals surface area contributed by atoms with Crippen LogP contribution in [0.4, 0.5) is 5.82 Å². The molecule has 0 unspecified atom stereocenters. The van der Waals surface area contributed by atoms with E-state index in [0.29, 0.717) is 17.2 Å². The number of primary amides is 1. The molecule has 2 N–H and O–H groups in total. The highest BCUT2D eigenvalue weighted by atomic mass is 32.1. The Balaban J connectivity index is 2.11. The highest BCUT2D eigenvalue weighted by Crippen LogP contribution is 2.37. The Kier molecular flexibility index (Phi) is 4.40. The molecule has 0 bridgehead atoms. The molecule has 0 aliphatic carbocycles. The van der Waals surface area contributed by atoms with Gasteiger partial charge in [-0.05, 0) is 32.3 Å². The van der Waals surface area contributed by atoms with Crippen molar-refractivity contribution < 1.29 is 14.3 Å². The van der Waals surface area contributed by atoms with Gasteiger partial charge in [0.1, 0.15) is 21.3 Å². The predicted octanol–water partition coefficient (Wildman–Crippen LogP) is 1.80. The minimum absolute atomic E-state index is 0.178. The zero-order valence-corrected chi connectivity index (χ0v) is 14.8. The summed E-state index contributed by atoms with van der Waals surface area (Å²) in [6.45, 7) is 5.05. The molecule has 1 atom stereocenters. The van der Waals surface area contributed by atoms with Crippen molar-refractivity contribution in [3.63, 3.8) is 0 Å². The van der Waals surface area contributed by atoms with E-state index in [1.165, 1.54) is 18.4 Å². The van der Waals surface area contributed by atoms with Crippen LogP contribution in [0.3, 0.4) is 0 Å². The van der Waals surface area contributed by atoms with Gasteiger partial charge in [-0.25, -0.2) is 14.8 Å². The summed E-state index contributed by atoms with van der Waals surface area (Å²) in [5.41, 5.74) is 6.30. The second-order valence-electron chi connectivity index (χ2n) is 6.01. The van der Waals surface area contributed by atoms with Crippen LogP contribution in [0.1, 0.15) is 33.9 Å². The van der Waals surface area contributed by atoms with E-state index >= 15 is 0 Å². The molecular weight excluding hydrogens is 328 g/mol. The number of carbonyl (C=O) groups excluding carboxylic acids is 2. The van der Waals surface area contributed by atoms with E-state index in [9.17, 15) is 9.59 Å². The van der Waals surface area contributed by atoms with E-state index in [4.69, 9.17) is 10.5 Å². The van der Waals surface area contributed by atoms with Crippen LogP contribution in [0.25, 0.3) is 10.2 Å². The molecule has 0 spiro atoms. The van der Waals surface area contributed by atoms with Crippen LogP contribution in [0.5, 0.6) is 0 Å². The number of methoxy groups -OCH3 is 1. The lowest BCUT2D eigenvalue weighted by molar-refractivity contribution is -0.122. The summed E-state index contributed by atoms with van der Waals surface area (Å²) >= 11 is 1.31. The van der Waals surface area contributed by atoms with Gasteiger partial charge in [-0.15, -0.1) is 11.3 Å². The minimum Gasteiger partial charge on any atom is -0.465 e. The summed E-state index contributed by atoms with van der Waals surface area (Å²) in [5, 5.41) is 0.858. The highest BCUT2D eigenvalue weighted by molar-refractivity contribution is 7.20. The molecule has 3 heterocycles. The fraction of sp³-hybridized carbons (Fsp3) is 0.500. The summed E-state index contributed by atoms with van der Waals surface area (Å²) in [5.74, 6) is 0.582. The van der Waals surface area contributed by atoms with Crippen LogP contribution < -0.4 is 10.6 Å². The molecule has 8 heteroatoms. The molecule has 2 aromatic rings.